The van der Waals surface area contributed by atoms with Gasteiger partial charge in [-0.2, -0.15) is 0 Å². The third-order valence-corrected chi connectivity index (χ3v) is 6.73. The molecule has 0 atom stereocenters. The third kappa shape index (κ3) is 3.57. The Morgan fingerprint density at radius 2 is 1.87 bits per heavy atom. The van der Waals surface area contributed by atoms with Gasteiger partial charge in [0.05, 0.1) is 17.5 Å². The van der Waals surface area contributed by atoms with Crippen molar-refractivity contribution >= 4 is 55.7 Å². The van der Waals surface area contributed by atoms with E-state index in [1.54, 1.807) is 7.11 Å². The fourth-order valence-electron chi connectivity index (χ4n) is 3.83. The highest BCUT2D eigenvalue weighted by Gasteiger charge is 2.24. The molecule has 1 saturated heterocycles. The average Bonchev–Trinajstić information content (AvgIpc) is 3.19. The van der Waals surface area contributed by atoms with Gasteiger partial charge < -0.3 is 14.5 Å². The van der Waals surface area contributed by atoms with Crippen molar-refractivity contribution < 1.29 is 9.53 Å². The predicted octanol–water partition coefficient (Wildman–Crippen LogP) is 5.07. The molecule has 1 aliphatic rings. The van der Waals surface area contributed by atoms with E-state index in [1.807, 2.05) is 47.4 Å². The number of ether oxygens (including phenoxy) is 1. The quantitative estimate of drug-likeness (QED) is 0.448. The van der Waals surface area contributed by atoms with Crippen LogP contribution in [0.15, 0.2) is 54.6 Å². The molecule has 5 nitrogen and oxygen atoms in total. The minimum absolute atomic E-state index is 0.0744. The minimum Gasteiger partial charge on any atom is -0.497 e. The van der Waals surface area contributed by atoms with Crippen LogP contribution in [0.4, 0.5) is 5.69 Å². The van der Waals surface area contributed by atoms with Crippen molar-refractivity contribution in [3.8, 4) is 5.75 Å². The molecule has 0 spiro atoms. The van der Waals surface area contributed by atoms with Crippen molar-refractivity contribution in [2.45, 2.75) is 0 Å². The molecule has 0 N–H and O–H groups in total. The highest BCUT2D eigenvalue weighted by Crippen LogP contribution is 2.30. The summed E-state index contributed by atoms with van der Waals surface area (Å²) in [6.45, 7) is 2.95. The Morgan fingerprint density at radius 1 is 1.03 bits per heavy atom. The van der Waals surface area contributed by atoms with Crippen LogP contribution in [-0.4, -0.2) is 49.1 Å². The van der Waals surface area contributed by atoms with Gasteiger partial charge in [0.25, 0.3) is 5.91 Å². The van der Waals surface area contributed by atoms with Gasteiger partial charge >= 0.3 is 0 Å². The highest BCUT2D eigenvalue weighted by atomic mass is 35.5. The number of piperazine rings is 1. The number of thiophene rings is 1. The second-order valence-electron chi connectivity index (χ2n) is 7.31. The van der Waals surface area contributed by atoms with Crippen molar-refractivity contribution in [3.05, 3.63) is 64.5 Å². The van der Waals surface area contributed by atoms with Crippen molar-refractivity contribution in [2.24, 2.45) is 0 Å². The van der Waals surface area contributed by atoms with Gasteiger partial charge in [-0.25, -0.2) is 4.98 Å². The Kier molecular flexibility index (Phi) is 4.97. The number of methoxy groups -OCH3 is 1. The summed E-state index contributed by atoms with van der Waals surface area (Å²) >= 11 is 7.57. The second-order valence-corrected chi connectivity index (χ2v) is 8.78. The van der Waals surface area contributed by atoms with Crippen LogP contribution in [0.25, 0.3) is 21.1 Å². The first-order chi connectivity index (χ1) is 14.6. The van der Waals surface area contributed by atoms with Crippen LogP contribution in [0.2, 0.25) is 5.02 Å². The number of carbonyl (C=O) groups is 1. The maximum absolute atomic E-state index is 13.1. The van der Waals surface area contributed by atoms with Gasteiger partial charge in [0.15, 0.2) is 0 Å². The van der Waals surface area contributed by atoms with Crippen LogP contribution in [0, 0.1) is 0 Å². The smallest absolute Gasteiger partial charge is 0.264 e. The van der Waals surface area contributed by atoms with Crippen molar-refractivity contribution in [3.63, 3.8) is 0 Å². The molecule has 1 aliphatic heterocycles. The number of rotatable bonds is 3. The number of hydrogen-bond donors (Lipinski definition) is 0. The third-order valence-electron chi connectivity index (χ3n) is 5.46. The maximum atomic E-state index is 13.1. The van der Waals surface area contributed by atoms with Crippen LogP contribution in [0.3, 0.4) is 0 Å². The van der Waals surface area contributed by atoms with E-state index in [4.69, 9.17) is 21.3 Å². The van der Waals surface area contributed by atoms with Gasteiger partial charge in [0.1, 0.15) is 10.6 Å². The number of fused-ring (bicyclic) bond motifs is 2. The van der Waals surface area contributed by atoms with Gasteiger partial charge in [-0.1, -0.05) is 17.7 Å². The van der Waals surface area contributed by atoms with Crippen LogP contribution < -0.4 is 9.64 Å². The van der Waals surface area contributed by atoms with Gasteiger partial charge in [-0.05, 0) is 42.5 Å². The number of anilines is 1. The topological polar surface area (TPSA) is 45.7 Å². The zero-order valence-corrected chi connectivity index (χ0v) is 18.0. The minimum atomic E-state index is 0.0744. The number of carbonyl (C=O) groups excluding carboxylic acids is 1. The summed E-state index contributed by atoms with van der Waals surface area (Å²) < 4.78 is 5.30. The molecular formula is C23H20ClN3O2S. The second kappa shape index (κ2) is 7.78. The molecule has 1 amide bonds. The monoisotopic (exact) mass is 437 g/mol. The Hall–Kier alpha value is -2.83. The number of halogens is 1. The largest absolute Gasteiger partial charge is 0.497 e. The van der Waals surface area contributed by atoms with E-state index in [0.717, 1.165) is 55.5 Å². The van der Waals surface area contributed by atoms with Gasteiger partial charge in [0.2, 0.25) is 0 Å². The lowest BCUT2D eigenvalue weighted by molar-refractivity contribution is 0.0751. The zero-order valence-electron chi connectivity index (χ0n) is 16.5. The van der Waals surface area contributed by atoms with E-state index in [1.165, 1.54) is 11.3 Å². The molecule has 30 heavy (non-hydrogen) atoms. The van der Waals surface area contributed by atoms with Crippen molar-refractivity contribution in [1.82, 2.24) is 9.88 Å². The van der Waals surface area contributed by atoms with Crippen LogP contribution in [-0.2, 0) is 0 Å². The van der Waals surface area contributed by atoms with Crippen molar-refractivity contribution in [1.29, 1.82) is 0 Å². The summed E-state index contributed by atoms with van der Waals surface area (Å²) in [6.07, 6.45) is 0. The number of nitrogens with zero attached hydrogens (tertiary/aromatic N) is 3. The molecule has 0 bridgehead atoms. The normalized spacial score (nSPS) is 14.5. The van der Waals surface area contributed by atoms with Crippen LogP contribution in [0.1, 0.15) is 9.67 Å². The molecule has 152 valence electrons. The molecule has 0 unspecified atom stereocenters. The average molecular weight is 438 g/mol. The molecule has 0 radical (unpaired) electrons. The van der Waals surface area contributed by atoms with E-state index in [2.05, 4.69) is 17.0 Å². The summed E-state index contributed by atoms with van der Waals surface area (Å²) in [5, 5.41) is 2.77. The molecule has 2 aromatic carbocycles. The molecule has 0 aliphatic carbocycles. The fraction of sp³-hybridized carbons (Fsp3) is 0.217. The Morgan fingerprint density at radius 3 is 2.63 bits per heavy atom. The van der Waals surface area contributed by atoms with Crippen LogP contribution >= 0.6 is 22.9 Å². The number of pyridine rings is 1. The number of amides is 1. The fourth-order valence-corrected chi connectivity index (χ4v) is 5.01. The molecule has 2 aromatic heterocycles. The molecule has 3 heterocycles. The van der Waals surface area contributed by atoms with E-state index in [-0.39, 0.29) is 5.91 Å². The standard InChI is InChI=1S/C23H20ClN3O2S/c1-29-19-6-5-15-11-16-12-21(30-22(16)25-20(15)14-19)23(28)27-9-7-26(8-10-27)18-4-2-3-17(24)13-18/h2-6,11-14H,7-10H2,1H3. The summed E-state index contributed by atoms with van der Waals surface area (Å²) in [6, 6.07) is 17.7. The number of hydrogen-bond acceptors (Lipinski definition) is 5. The molecule has 5 rings (SSSR count). The SMILES string of the molecule is COc1ccc2cc3cc(C(=O)N4CCN(c5cccc(Cl)c5)CC4)sc3nc2c1. The van der Waals surface area contributed by atoms with Crippen molar-refractivity contribution in [2.75, 3.05) is 38.2 Å². The maximum Gasteiger partial charge on any atom is 0.264 e. The summed E-state index contributed by atoms with van der Waals surface area (Å²) in [5.74, 6) is 0.852. The first-order valence-electron chi connectivity index (χ1n) is 9.79. The summed E-state index contributed by atoms with van der Waals surface area (Å²) in [4.78, 5) is 23.6. The molecular weight excluding hydrogens is 418 g/mol. The summed E-state index contributed by atoms with van der Waals surface area (Å²) in [5.41, 5.74) is 1.97. The predicted molar refractivity (Wildman–Crippen MR) is 123 cm³/mol. The lowest BCUT2D eigenvalue weighted by Gasteiger charge is -2.36. The molecule has 4 aromatic rings. The van der Waals surface area contributed by atoms with Crippen LogP contribution in [0.5, 0.6) is 5.75 Å². The van der Waals surface area contributed by atoms with Gasteiger partial charge in [-0.15, -0.1) is 11.3 Å². The molecule has 7 heteroatoms. The van der Waals surface area contributed by atoms with Gasteiger partial charge in [-0.3, -0.25) is 4.79 Å². The number of aromatic nitrogens is 1. The number of benzene rings is 2. The summed E-state index contributed by atoms with van der Waals surface area (Å²) in [7, 11) is 1.65. The first kappa shape index (κ1) is 19.2. The highest BCUT2D eigenvalue weighted by molar-refractivity contribution is 7.20. The first-order valence-corrected chi connectivity index (χ1v) is 11.0. The Balaban J connectivity index is 1.35. The van der Waals surface area contributed by atoms with E-state index in [9.17, 15) is 4.79 Å². The molecule has 0 saturated carbocycles. The van der Waals surface area contributed by atoms with E-state index < -0.39 is 0 Å². The van der Waals surface area contributed by atoms with E-state index in [0.29, 0.717) is 13.1 Å². The Labute approximate surface area is 183 Å². The van der Waals surface area contributed by atoms with Gasteiger partial charge in [0, 0.05) is 53.7 Å². The van der Waals surface area contributed by atoms with E-state index >= 15 is 0 Å². The zero-order chi connectivity index (χ0) is 20.7. The Bertz CT molecular complexity index is 1250. The molecule has 1 fully saturated rings. The lowest BCUT2D eigenvalue weighted by atomic mass is 10.2. The lowest BCUT2D eigenvalue weighted by Crippen LogP contribution is -2.48.